The maximum Gasteiger partial charge on any atom is 0.272 e. The zero-order valence-electron chi connectivity index (χ0n) is 20.8. The summed E-state index contributed by atoms with van der Waals surface area (Å²) < 4.78 is 3.26. The molecular formula is C25H31N7O4. The first kappa shape index (κ1) is 26.2. The van der Waals surface area contributed by atoms with E-state index in [0.717, 1.165) is 13.0 Å². The summed E-state index contributed by atoms with van der Waals surface area (Å²) in [6.45, 7) is 1.44. The van der Waals surface area contributed by atoms with Crippen LogP contribution in [0.4, 0.5) is 17.1 Å². The van der Waals surface area contributed by atoms with Crippen molar-refractivity contribution < 1.29 is 19.2 Å². The van der Waals surface area contributed by atoms with Crippen LogP contribution in [0, 0.1) is 0 Å². The van der Waals surface area contributed by atoms with Gasteiger partial charge < -0.3 is 35.3 Å². The van der Waals surface area contributed by atoms with Crippen LogP contribution < -0.4 is 21.3 Å². The Balaban J connectivity index is 1.57. The number of hydrogen-bond acceptors (Lipinski definition) is 5. The third-order valence-corrected chi connectivity index (χ3v) is 5.43. The normalized spacial score (nSPS) is 10.7. The molecule has 0 fully saturated rings. The molecule has 0 atom stereocenters. The van der Waals surface area contributed by atoms with Crippen LogP contribution in [0.2, 0.25) is 0 Å². The molecule has 2 aromatic heterocycles. The number of anilines is 3. The molecule has 0 radical (unpaired) electrons. The highest BCUT2D eigenvalue weighted by Gasteiger charge is 2.15. The first-order chi connectivity index (χ1) is 17.2. The molecule has 0 aliphatic carbocycles. The van der Waals surface area contributed by atoms with Crippen molar-refractivity contribution in [2.75, 3.05) is 43.1 Å². The Morgan fingerprint density at radius 1 is 0.833 bits per heavy atom. The zero-order valence-corrected chi connectivity index (χ0v) is 20.8. The van der Waals surface area contributed by atoms with Crippen LogP contribution >= 0.6 is 0 Å². The summed E-state index contributed by atoms with van der Waals surface area (Å²) >= 11 is 0. The van der Waals surface area contributed by atoms with Gasteiger partial charge in [0.05, 0.1) is 11.4 Å². The van der Waals surface area contributed by atoms with Crippen molar-refractivity contribution >= 4 is 41.2 Å². The minimum Gasteiger partial charge on any atom is -0.351 e. The molecule has 0 aliphatic rings. The average molecular weight is 494 g/mol. The predicted octanol–water partition coefficient (Wildman–Crippen LogP) is 2.12. The third-order valence-electron chi connectivity index (χ3n) is 5.43. The Kier molecular flexibility index (Phi) is 8.63. The fraction of sp³-hybridized carbons (Fsp3) is 0.280. The Hall–Kier alpha value is -4.38. The Labute approximate surface area is 209 Å². The molecule has 0 spiro atoms. The highest BCUT2D eigenvalue weighted by atomic mass is 16.2. The molecule has 0 unspecified atom stereocenters. The van der Waals surface area contributed by atoms with Crippen molar-refractivity contribution in [1.82, 2.24) is 19.4 Å². The van der Waals surface area contributed by atoms with Gasteiger partial charge in [0, 0.05) is 44.3 Å². The quantitative estimate of drug-likeness (QED) is 0.240. The lowest BCUT2D eigenvalue weighted by atomic mass is 10.2. The molecule has 0 saturated heterocycles. The lowest BCUT2D eigenvalue weighted by Crippen LogP contribution is -2.28. The lowest BCUT2D eigenvalue weighted by molar-refractivity contribution is -0.105. The molecule has 1 aromatic carbocycles. The van der Waals surface area contributed by atoms with E-state index >= 15 is 0 Å². The van der Waals surface area contributed by atoms with Gasteiger partial charge in [-0.1, -0.05) is 0 Å². The van der Waals surface area contributed by atoms with Crippen molar-refractivity contribution in [2.24, 2.45) is 14.1 Å². The minimum absolute atomic E-state index is 0.205. The lowest BCUT2D eigenvalue weighted by Gasteiger charge is -2.10. The van der Waals surface area contributed by atoms with Gasteiger partial charge in [0.1, 0.15) is 11.4 Å². The molecule has 3 aromatic rings. The summed E-state index contributed by atoms with van der Waals surface area (Å²) in [5.41, 5.74) is 2.72. The number of rotatable bonds is 11. The second kappa shape index (κ2) is 11.8. The molecule has 11 nitrogen and oxygen atoms in total. The van der Waals surface area contributed by atoms with Crippen LogP contribution in [0.15, 0.2) is 48.8 Å². The molecular weight excluding hydrogens is 462 g/mol. The van der Waals surface area contributed by atoms with E-state index in [0.29, 0.717) is 47.0 Å². The number of aryl methyl sites for hydroxylation is 2. The topological polar surface area (TPSA) is 130 Å². The van der Waals surface area contributed by atoms with Gasteiger partial charge in [0.2, 0.25) is 6.41 Å². The fourth-order valence-electron chi connectivity index (χ4n) is 3.59. The van der Waals surface area contributed by atoms with E-state index in [1.165, 1.54) is 0 Å². The number of hydrogen-bond donors (Lipinski definition) is 4. The maximum absolute atomic E-state index is 12.7. The molecule has 3 rings (SSSR count). The zero-order chi connectivity index (χ0) is 26.2. The van der Waals surface area contributed by atoms with Gasteiger partial charge in [-0.05, 0) is 63.5 Å². The average Bonchev–Trinajstić information content (AvgIpc) is 3.38. The summed E-state index contributed by atoms with van der Waals surface area (Å²) in [5, 5.41) is 10.9. The van der Waals surface area contributed by atoms with Gasteiger partial charge in [-0.15, -0.1) is 0 Å². The summed E-state index contributed by atoms with van der Waals surface area (Å²) in [6, 6.07) is 9.62. The first-order valence-corrected chi connectivity index (χ1v) is 11.4. The smallest absolute Gasteiger partial charge is 0.272 e. The summed E-state index contributed by atoms with van der Waals surface area (Å²) in [7, 11) is 7.40. The minimum atomic E-state index is -0.356. The highest BCUT2D eigenvalue weighted by molar-refractivity contribution is 6.06. The van der Waals surface area contributed by atoms with Crippen molar-refractivity contribution in [1.29, 1.82) is 0 Å². The molecule has 4 N–H and O–H groups in total. The summed E-state index contributed by atoms with van der Waals surface area (Å²) in [6.07, 6.45) is 4.68. The number of carbonyl (C=O) groups excluding carboxylic acids is 4. The SMILES string of the molecule is CN(C)CCCNC(=O)c1cc(NC(=O)c2ccc(NC(=O)c3cc(NC=O)cn3C)cc2)cn1C. The van der Waals surface area contributed by atoms with Gasteiger partial charge in [-0.25, -0.2) is 0 Å². The Morgan fingerprint density at radius 2 is 1.42 bits per heavy atom. The van der Waals surface area contributed by atoms with Gasteiger partial charge >= 0.3 is 0 Å². The summed E-state index contributed by atoms with van der Waals surface area (Å²) in [4.78, 5) is 50.3. The fourth-order valence-corrected chi connectivity index (χ4v) is 3.59. The van der Waals surface area contributed by atoms with Crippen molar-refractivity contribution in [3.8, 4) is 0 Å². The number of nitrogens with one attached hydrogen (secondary N) is 4. The highest BCUT2D eigenvalue weighted by Crippen LogP contribution is 2.17. The van der Waals surface area contributed by atoms with E-state index in [1.54, 1.807) is 72.0 Å². The van der Waals surface area contributed by atoms with Crippen LogP contribution in [-0.4, -0.2) is 65.4 Å². The molecule has 0 bridgehead atoms. The predicted molar refractivity (Wildman–Crippen MR) is 138 cm³/mol. The van der Waals surface area contributed by atoms with Crippen LogP contribution in [0.5, 0.6) is 0 Å². The number of amides is 4. The monoisotopic (exact) mass is 493 g/mol. The van der Waals surface area contributed by atoms with Gasteiger partial charge in [0.15, 0.2) is 0 Å². The van der Waals surface area contributed by atoms with Crippen LogP contribution in [-0.2, 0) is 18.9 Å². The molecule has 0 aliphatic heterocycles. The van der Waals surface area contributed by atoms with Gasteiger partial charge in [-0.2, -0.15) is 0 Å². The van der Waals surface area contributed by atoms with Crippen LogP contribution in [0.25, 0.3) is 0 Å². The molecule has 190 valence electrons. The van der Waals surface area contributed by atoms with Crippen LogP contribution in [0.1, 0.15) is 37.8 Å². The van der Waals surface area contributed by atoms with Crippen molar-refractivity contribution in [2.45, 2.75) is 6.42 Å². The maximum atomic E-state index is 12.7. The van der Waals surface area contributed by atoms with Crippen LogP contribution in [0.3, 0.4) is 0 Å². The standard InChI is InChI=1S/C25H31N7O4/c1-30(2)11-5-10-26-24(35)21-13-20(15-32(21)4)29-23(34)17-6-8-18(9-7-17)28-25(36)22-12-19(27-16-33)14-31(22)3/h6-9,12-16H,5,10-11H2,1-4H3,(H,26,35)(H,27,33)(H,28,36)(H,29,34). The van der Waals surface area contributed by atoms with Gasteiger partial charge in [0.25, 0.3) is 17.7 Å². The summed E-state index contributed by atoms with van der Waals surface area (Å²) in [5.74, 6) is -0.905. The molecule has 2 heterocycles. The van der Waals surface area contributed by atoms with E-state index in [1.807, 2.05) is 14.1 Å². The van der Waals surface area contributed by atoms with E-state index in [-0.39, 0.29) is 17.7 Å². The first-order valence-electron chi connectivity index (χ1n) is 11.4. The second-order valence-electron chi connectivity index (χ2n) is 8.61. The Morgan fingerprint density at radius 3 is 2.06 bits per heavy atom. The molecule has 36 heavy (non-hydrogen) atoms. The van der Waals surface area contributed by atoms with E-state index in [9.17, 15) is 19.2 Å². The number of nitrogens with zero attached hydrogens (tertiary/aromatic N) is 3. The Bertz CT molecular complexity index is 1240. The number of benzene rings is 1. The van der Waals surface area contributed by atoms with E-state index in [2.05, 4.69) is 26.2 Å². The largest absolute Gasteiger partial charge is 0.351 e. The van der Waals surface area contributed by atoms with E-state index < -0.39 is 0 Å². The third kappa shape index (κ3) is 6.83. The molecule has 4 amide bonds. The number of aromatic nitrogens is 2. The second-order valence-corrected chi connectivity index (χ2v) is 8.61. The van der Waals surface area contributed by atoms with Crippen molar-refractivity contribution in [3.63, 3.8) is 0 Å². The molecule has 0 saturated carbocycles. The molecule has 11 heteroatoms. The van der Waals surface area contributed by atoms with Gasteiger partial charge in [-0.3, -0.25) is 19.2 Å². The number of carbonyl (C=O) groups is 4. The van der Waals surface area contributed by atoms with Crippen molar-refractivity contribution in [3.05, 3.63) is 65.7 Å². The van der Waals surface area contributed by atoms with E-state index in [4.69, 9.17) is 0 Å².